The standard InChI is InChI=1S/C8H16NO2/c1-9(10-2)7-8-3-5-11-6-4-8/h8H,1,3-7H2,2H3/q-1. The van der Waals surface area contributed by atoms with Crippen molar-refractivity contribution >= 4 is 0 Å². The Morgan fingerprint density at radius 1 is 1.55 bits per heavy atom. The van der Waals surface area contributed by atoms with Gasteiger partial charge in [0.1, 0.15) is 0 Å². The molecule has 1 fully saturated rings. The first-order valence-electron chi connectivity index (χ1n) is 4.03. The summed E-state index contributed by atoms with van der Waals surface area (Å²) in [6.45, 7) is 2.70. The van der Waals surface area contributed by atoms with Crippen molar-refractivity contribution in [2.75, 3.05) is 26.9 Å². The van der Waals surface area contributed by atoms with Gasteiger partial charge in [0.05, 0.1) is 7.11 Å². The Morgan fingerprint density at radius 2 is 2.18 bits per heavy atom. The second-order valence-electron chi connectivity index (χ2n) is 2.90. The van der Waals surface area contributed by atoms with Gasteiger partial charge in [-0.3, -0.25) is 7.05 Å². The SMILES string of the molecule is [CH2-]N(CC1CCOCC1)OC. The lowest BCUT2D eigenvalue weighted by Gasteiger charge is -2.29. The quantitative estimate of drug-likeness (QED) is 0.453. The Labute approximate surface area is 68.2 Å². The maximum atomic E-state index is 5.24. The zero-order valence-electron chi connectivity index (χ0n) is 7.08. The van der Waals surface area contributed by atoms with E-state index < -0.39 is 0 Å². The summed E-state index contributed by atoms with van der Waals surface area (Å²) in [5, 5.41) is 1.63. The number of nitrogens with zero attached hydrogens (tertiary/aromatic N) is 1. The third kappa shape index (κ3) is 3.18. The minimum Gasteiger partial charge on any atom is -0.381 e. The van der Waals surface area contributed by atoms with Crippen molar-refractivity contribution in [3.63, 3.8) is 0 Å². The molecule has 0 aromatic carbocycles. The second-order valence-corrected chi connectivity index (χ2v) is 2.90. The van der Waals surface area contributed by atoms with Gasteiger partial charge in [0, 0.05) is 13.2 Å². The van der Waals surface area contributed by atoms with Crippen LogP contribution in [-0.2, 0) is 9.57 Å². The second kappa shape index (κ2) is 4.70. The maximum absolute atomic E-state index is 5.24. The number of ether oxygens (including phenoxy) is 1. The molecule has 1 rings (SSSR count). The molecule has 0 saturated carbocycles. The fourth-order valence-corrected chi connectivity index (χ4v) is 1.29. The van der Waals surface area contributed by atoms with Crippen LogP contribution in [0, 0.1) is 13.0 Å². The Morgan fingerprint density at radius 3 is 2.73 bits per heavy atom. The Bertz CT molecular complexity index is 102. The molecule has 1 aliphatic heterocycles. The molecule has 0 aromatic rings. The van der Waals surface area contributed by atoms with Crippen molar-refractivity contribution < 1.29 is 9.57 Å². The molecule has 0 aliphatic carbocycles. The van der Waals surface area contributed by atoms with Gasteiger partial charge in [-0.05, 0) is 25.3 Å². The molecule has 0 unspecified atom stereocenters. The zero-order valence-corrected chi connectivity index (χ0v) is 7.08. The van der Waals surface area contributed by atoms with Crippen LogP contribution in [0.25, 0.3) is 0 Å². The van der Waals surface area contributed by atoms with Crippen LogP contribution in [0.3, 0.4) is 0 Å². The zero-order chi connectivity index (χ0) is 8.10. The molecule has 66 valence electrons. The first-order chi connectivity index (χ1) is 5.33. The summed E-state index contributed by atoms with van der Waals surface area (Å²) in [4.78, 5) is 4.93. The van der Waals surface area contributed by atoms with Crippen molar-refractivity contribution in [2.45, 2.75) is 12.8 Å². The van der Waals surface area contributed by atoms with Crippen molar-refractivity contribution in [2.24, 2.45) is 5.92 Å². The van der Waals surface area contributed by atoms with Crippen molar-refractivity contribution in [3.8, 4) is 0 Å². The predicted octanol–water partition coefficient (Wildman–Crippen LogP) is 1.07. The van der Waals surface area contributed by atoms with Crippen LogP contribution >= 0.6 is 0 Å². The van der Waals surface area contributed by atoms with Gasteiger partial charge >= 0.3 is 0 Å². The van der Waals surface area contributed by atoms with E-state index in [2.05, 4.69) is 7.05 Å². The molecular weight excluding hydrogens is 142 g/mol. The minimum atomic E-state index is 0.696. The highest BCUT2D eigenvalue weighted by molar-refractivity contribution is 4.65. The van der Waals surface area contributed by atoms with Crippen LogP contribution in [-0.4, -0.2) is 31.9 Å². The summed E-state index contributed by atoms with van der Waals surface area (Å²) in [5.74, 6) is 0.696. The Balaban J connectivity index is 2.13. The molecule has 0 radical (unpaired) electrons. The molecular formula is C8H16NO2-. The fraction of sp³-hybridized carbons (Fsp3) is 0.875. The van der Waals surface area contributed by atoms with Gasteiger partial charge in [-0.25, -0.2) is 0 Å². The first kappa shape index (κ1) is 8.97. The summed E-state index contributed by atoms with van der Waals surface area (Å²) in [6, 6.07) is 0. The van der Waals surface area contributed by atoms with E-state index in [-0.39, 0.29) is 0 Å². The van der Waals surface area contributed by atoms with Gasteiger partial charge in [-0.2, -0.15) is 0 Å². The molecule has 0 bridgehead atoms. The summed E-state index contributed by atoms with van der Waals surface area (Å²) < 4.78 is 5.24. The maximum Gasteiger partial charge on any atom is 0.0541 e. The molecule has 3 nitrogen and oxygen atoms in total. The molecule has 1 saturated heterocycles. The van der Waals surface area contributed by atoms with E-state index in [1.165, 1.54) is 0 Å². The third-order valence-corrected chi connectivity index (χ3v) is 2.06. The normalized spacial score (nSPS) is 21.0. The first-order valence-corrected chi connectivity index (χ1v) is 4.03. The molecule has 1 heterocycles. The van der Waals surface area contributed by atoms with Crippen LogP contribution in [0.2, 0.25) is 0 Å². The van der Waals surface area contributed by atoms with E-state index in [0.717, 1.165) is 32.6 Å². The molecule has 0 amide bonds. The van der Waals surface area contributed by atoms with Gasteiger partial charge in [-0.1, -0.05) is 0 Å². The third-order valence-electron chi connectivity index (χ3n) is 2.06. The predicted molar refractivity (Wildman–Crippen MR) is 42.6 cm³/mol. The molecule has 11 heavy (non-hydrogen) atoms. The molecule has 0 aromatic heterocycles. The molecule has 0 spiro atoms. The van der Waals surface area contributed by atoms with E-state index in [1.807, 2.05) is 0 Å². The summed E-state index contributed by atoms with van der Waals surface area (Å²) in [6.07, 6.45) is 2.27. The monoisotopic (exact) mass is 158 g/mol. The lowest BCUT2D eigenvalue weighted by molar-refractivity contribution is -0.108. The smallest absolute Gasteiger partial charge is 0.0541 e. The average molecular weight is 158 g/mol. The van der Waals surface area contributed by atoms with E-state index in [1.54, 1.807) is 12.2 Å². The van der Waals surface area contributed by atoms with Gasteiger partial charge in [0.2, 0.25) is 0 Å². The highest BCUT2D eigenvalue weighted by Gasteiger charge is 2.13. The van der Waals surface area contributed by atoms with Crippen LogP contribution in [0.4, 0.5) is 0 Å². The number of hydrogen-bond acceptors (Lipinski definition) is 3. The highest BCUT2D eigenvalue weighted by atomic mass is 16.7. The molecule has 1 aliphatic rings. The van der Waals surface area contributed by atoms with Crippen molar-refractivity contribution in [1.29, 1.82) is 0 Å². The highest BCUT2D eigenvalue weighted by Crippen LogP contribution is 2.15. The van der Waals surface area contributed by atoms with E-state index in [0.29, 0.717) is 5.92 Å². The van der Waals surface area contributed by atoms with Crippen LogP contribution < -0.4 is 0 Å². The van der Waals surface area contributed by atoms with Gasteiger partial charge in [-0.15, -0.1) is 0 Å². The number of hydroxylamine groups is 2. The average Bonchev–Trinajstić information content (AvgIpc) is 2.06. The fourth-order valence-electron chi connectivity index (χ4n) is 1.29. The largest absolute Gasteiger partial charge is 0.381 e. The molecule has 0 N–H and O–H groups in total. The van der Waals surface area contributed by atoms with Crippen LogP contribution in [0.5, 0.6) is 0 Å². The summed E-state index contributed by atoms with van der Waals surface area (Å²) >= 11 is 0. The summed E-state index contributed by atoms with van der Waals surface area (Å²) in [7, 11) is 5.37. The number of hydrogen-bond donors (Lipinski definition) is 0. The van der Waals surface area contributed by atoms with E-state index in [9.17, 15) is 0 Å². The lowest BCUT2D eigenvalue weighted by Crippen LogP contribution is -2.27. The van der Waals surface area contributed by atoms with Crippen molar-refractivity contribution in [1.82, 2.24) is 5.06 Å². The van der Waals surface area contributed by atoms with E-state index in [4.69, 9.17) is 9.57 Å². The minimum absolute atomic E-state index is 0.696. The van der Waals surface area contributed by atoms with Gasteiger partial charge < -0.3 is 14.6 Å². The van der Waals surface area contributed by atoms with Crippen LogP contribution in [0.1, 0.15) is 12.8 Å². The Kier molecular flexibility index (Phi) is 3.83. The van der Waals surface area contributed by atoms with Crippen LogP contribution in [0.15, 0.2) is 0 Å². The summed E-state index contributed by atoms with van der Waals surface area (Å²) in [5.41, 5.74) is 0. The molecule has 3 heteroatoms. The van der Waals surface area contributed by atoms with Gasteiger partial charge in [0.15, 0.2) is 0 Å². The Hall–Kier alpha value is -0.120. The van der Waals surface area contributed by atoms with E-state index >= 15 is 0 Å². The lowest BCUT2D eigenvalue weighted by atomic mass is 10.0. The topological polar surface area (TPSA) is 21.7 Å². The number of rotatable bonds is 3. The molecule has 0 atom stereocenters. The van der Waals surface area contributed by atoms with Gasteiger partial charge in [0.25, 0.3) is 0 Å². The van der Waals surface area contributed by atoms with Crippen molar-refractivity contribution in [3.05, 3.63) is 7.05 Å².